The average molecular weight is 229 g/mol. The first-order valence-corrected chi connectivity index (χ1v) is 5.52. The van der Waals surface area contributed by atoms with Crippen molar-refractivity contribution in [3.63, 3.8) is 0 Å². The second kappa shape index (κ2) is 5.43. The third-order valence-corrected chi connectivity index (χ3v) is 2.84. The first kappa shape index (κ1) is 11.6. The SMILES string of the molecule is CC(=CCCl)Cc1cccc(Cl)c1C. The van der Waals surface area contributed by atoms with Crippen LogP contribution >= 0.6 is 23.2 Å². The van der Waals surface area contributed by atoms with Crippen LogP contribution in [-0.2, 0) is 6.42 Å². The topological polar surface area (TPSA) is 0 Å². The Morgan fingerprint density at radius 3 is 2.79 bits per heavy atom. The molecule has 0 radical (unpaired) electrons. The fourth-order valence-corrected chi connectivity index (χ4v) is 1.81. The van der Waals surface area contributed by atoms with Crippen LogP contribution in [0.4, 0.5) is 0 Å². The molecule has 0 saturated heterocycles. The van der Waals surface area contributed by atoms with Crippen LogP contribution in [0.1, 0.15) is 18.1 Å². The molecule has 1 rings (SSSR count). The zero-order valence-electron chi connectivity index (χ0n) is 8.48. The van der Waals surface area contributed by atoms with E-state index in [0.717, 1.165) is 17.0 Å². The van der Waals surface area contributed by atoms with Crippen molar-refractivity contribution < 1.29 is 0 Å². The Hall–Kier alpha value is -0.460. The molecule has 1 aromatic carbocycles. The minimum absolute atomic E-state index is 0.575. The van der Waals surface area contributed by atoms with Gasteiger partial charge in [0.05, 0.1) is 0 Å². The Labute approximate surface area is 95.5 Å². The summed E-state index contributed by atoms with van der Waals surface area (Å²) in [6, 6.07) is 6.01. The number of alkyl halides is 1. The van der Waals surface area contributed by atoms with E-state index in [-0.39, 0.29) is 0 Å². The molecule has 0 nitrogen and oxygen atoms in total. The first-order valence-electron chi connectivity index (χ1n) is 4.60. The molecule has 0 amide bonds. The molecule has 0 aliphatic heterocycles. The average Bonchev–Trinajstić information content (AvgIpc) is 2.13. The fraction of sp³-hybridized carbons (Fsp3) is 0.333. The Kier molecular flexibility index (Phi) is 4.50. The third-order valence-electron chi connectivity index (χ3n) is 2.27. The number of halogens is 2. The number of hydrogen-bond acceptors (Lipinski definition) is 0. The molecule has 0 bridgehead atoms. The summed E-state index contributed by atoms with van der Waals surface area (Å²) in [6.45, 7) is 4.13. The van der Waals surface area contributed by atoms with E-state index in [2.05, 4.69) is 13.0 Å². The maximum Gasteiger partial charge on any atom is 0.0438 e. The Morgan fingerprint density at radius 2 is 2.14 bits per heavy atom. The summed E-state index contributed by atoms with van der Waals surface area (Å²) in [5.74, 6) is 0.575. The maximum absolute atomic E-state index is 6.03. The summed E-state index contributed by atoms with van der Waals surface area (Å²) in [5.41, 5.74) is 3.72. The number of allylic oxidation sites excluding steroid dienone is 2. The van der Waals surface area contributed by atoms with Crippen LogP contribution in [-0.4, -0.2) is 5.88 Å². The smallest absolute Gasteiger partial charge is 0.0438 e. The summed E-state index contributed by atoms with van der Waals surface area (Å²) in [7, 11) is 0. The van der Waals surface area contributed by atoms with Gasteiger partial charge in [-0.2, -0.15) is 0 Å². The predicted molar refractivity (Wildman–Crippen MR) is 64.4 cm³/mol. The van der Waals surface area contributed by atoms with Crippen LogP contribution in [0.2, 0.25) is 5.02 Å². The van der Waals surface area contributed by atoms with Gasteiger partial charge in [0.25, 0.3) is 0 Å². The van der Waals surface area contributed by atoms with Gasteiger partial charge in [-0.15, -0.1) is 11.6 Å². The molecule has 0 fully saturated rings. The van der Waals surface area contributed by atoms with Gasteiger partial charge in [-0.3, -0.25) is 0 Å². The van der Waals surface area contributed by atoms with E-state index in [0.29, 0.717) is 5.88 Å². The number of benzene rings is 1. The number of rotatable bonds is 3. The van der Waals surface area contributed by atoms with Gasteiger partial charge in [-0.25, -0.2) is 0 Å². The lowest BCUT2D eigenvalue weighted by Gasteiger charge is -2.07. The van der Waals surface area contributed by atoms with Crippen LogP contribution in [0.25, 0.3) is 0 Å². The molecule has 2 heteroatoms. The van der Waals surface area contributed by atoms with Crippen LogP contribution in [0.3, 0.4) is 0 Å². The van der Waals surface area contributed by atoms with Crippen LogP contribution in [0.15, 0.2) is 29.8 Å². The third kappa shape index (κ3) is 3.04. The predicted octanol–water partition coefficient (Wildman–Crippen LogP) is 4.38. The second-order valence-corrected chi connectivity index (χ2v) is 4.12. The van der Waals surface area contributed by atoms with Gasteiger partial charge in [-0.1, -0.05) is 35.4 Å². The van der Waals surface area contributed by atoms with Crippen molar-refractivity contribution >= 4 is 23.2 Å². The molecule has 0 aromatic heterocycles. The van der Waals surface area contributed by atoms with Crippen LogP contribution in [0, 0.1) is 6.92 Å². The van der Waals surface area contributed by atoms with Crippen molar-refractivity contribution in [1.29, 1.82) is 0 Å². The lowest BCUT2D eigenvalue weighted by Crippen LogP contribution is -1.91. The van der Waals surface area contributed by atoms with Crippen molar-refractivity contribution in [3.8, 4) is 0 Å². The van der Waals surface area contributed by atoms with Gasteiger partial charge in [0.15, 0.2) is 0 Å². The molecule has 0 saturated carbocycles. The molecular weight excluding hydrogens is 215 g/mol. The van der Waals surface area contributed by atoms with E-state index in [4.69, 9.17) is 23.2 Å². The summed E-state index contributed by atoms with van der Waals surface area (Å²) < 4.78 is 0. The zero-order chi connectivity index (χ0) is 10.6. The Bertz CT molecular complexity index is 340. The minimum Gasteiger partial charge on any atom is -0.122 e. The molecule has 0 heterocycles. The summed E-state index contributed by atoms with van der Waals surface area (Å²) in [6.07, 6.45) is 2.96. The molecule has 0 aliphatic carbocycles. The molecule has 0 spiro atoms. The summed E-state index contributed by atoms with van der Waals surface area (Å²) >= 11 is 11.7. The van der Waals surface area contributed by atoms with E-state index < -0.39 is 0 Å². The minimum atomic E-state index is 0.575. The lowest BCUT2D eigenvalue weighted by molar-refractivity contribution is 1.11. The molecule has 14 heavy (non-hydrogen) atoms. The van der Waals surface area contributed by atoms with E-state index in [1.807, 2.05) is 25.1 Å². The van der Waals surface area contributed by atoms with Gasteiger partial charge < -0.3 is 0 Å². The number of hydrogen-bond donors (Lipinski definition) is 0. The highest BCUT2D eigenvalue weighted by Gasteiger charge is 2.02. The Balaban J connectivity index is 2.87. The van der Waals surface area contributed by atoms with E-state index >= 15 is 0 Å². The van der Waals surface area contributed by atoms with Crippen LogP contribution in [0.5, 0.6) is 0 Å². The molecule has 0 aliphatic rings. The van der Waals surface area contributed by atoms with Gasteiger partial charge in [0.2, 0.25) is 0 Å². The first-order chi connectivity index (χ1) is 6.65. The normalized spacial score (nSPS) is 11.9. The van der Waals surface area contributed by atoms with Crippen molar-refractivity contribution in [1.82, 2.24) is 0 Å². The van der Waals surface area contributed by atoms with Gasteiger partial charge in [-0.05, 0) is 37.5 Å². The van der Waals surface area contributed by atoms with E-state index in [1.54, 1.807) is 0 Å². The van der Waals surface area contributed by atoms with Gasteiger partial charge in [0.1, 0.15) is 0 Å². The van der Waals surface area contributed by atoms with Crippen molar-refractivity contribution in [2.45, 2.75) is 20.3 Å². The highest BCUT2D eigenvalue weighted by Crippen LogP contribution is 2.20. The van der Waals surface area contributed by atoms with Crippen LogP contribution < -0.4 is 0 Å². The molecule has 76 valence electrons. The highest BCUT2D eigenvalue weighted by molar-refractivity contribution is 6.31. The molecule has 0 unspecified atom stereocenters. The van der Waals surface area contributed by atoms with Crippen molar-refractivity contribution in [2.75, 3.05) is 5.88 Å². The summed E-state index contributed by atoms with van der Waals surface area (Å²) in [5, 5.41) is 0.834. The molecular formula is C12H14Cl2. The van der Waals surface area contributed by atoms with Gasteiger partial charge in [0, 0.05) is 10.9 Å². The van der Waals surface area contributed by atoms with E-state index in [1.165, 1.54) is 11.1 Å². The lowest BCUT2D eigenvalue weighted by atomic mass is 10.0. The molecule has 0 atom stereocenters. The van der Waals surface area contributed by atoms with Gasteiger partial charge >= 0.3 is 0 Å². The second-order valence-electron chi connectivity index (χ2n) is 3.41. The maximum atomic E-state index is 6.03. The summed E-state index contributed by atoms with van der Waals surface area (Å²) in [4.78, 5) is 0. The zero-order valence-corrected chi connectivity index (χ0v) is 9.99. The van der Waals surface area contributed by atoms with E-state index in [9.17, 15) is 0 Å². The standard InChI is InChI=1S/C12H14Cl2/c1-9(6-7-13)8-11-4-3-5-12(14)10(11)2/h3-6H,7-8H2,1-2H3. The monoisotopic (exact) mass is 228 g/mol. The van der Waals surface area contributed by atoms with Crippen molar-refractivity contribution in [3.05, 3.63) is 46.0 Å². The molecule has 1 aromatic rings. The quantitative estimate of drug-likeness (QED) is 0.533. The largest absolute Gasteiger partial charge is 0.122 e. The molecule has 0 N–H and O–H groups in total. The highest BCUT2D eigenvalue weighted by atomic mass is 35.5. The van der Waals surface area contributed by atoms with Crippen molar-refractivity contribution in [2.24, 2.45) is 0 Å². The fourth-order valence-electron chi connectivity index (χ4n) is 1.35. The Morgan fingerprint density at radius 1 is 1.43 bits per heavy atom.